The minimum absolute atomic E-state index is 0.0695. The zero-order chi connectivity index (χ0) is 19.5. The summed E-state index contributed by atoms with van der Waals surface area (Å²) in [5.74, 6) is 2.45. The number of rotatable bonds is 12. The standard InChI is InChI=1S/C20H30N4O2S/c1-16(2)15-24-18(22-23-20(24)27-3)11-7-13-21-19(25)12-8-14-26-17-9-5-4-6-10-17/h4-6,9-10,16H,7-8,11-15H2,1-3H3,(H,21,25). The zero-order valence-electron chi connectivity index (χ0n) is 16.5. The van der Waals surface area contributed by atoms with Gasteiger partial charge < -0.3 is 14.6 Å². The number of para-hydroxylation sites is 1. The van der Waals surface area contributed by atoms with Crippen molar-refractivity contribution in [1.29, 1.82) is 0 Å². The number of amides is 1. The number of carbonyl (C=O) groups excluding carboxylic acids is 1. The number of aromatic nitrogens is 3. The molecule has 148 valence electrons. The van der Waals surface area contributed by atoms with Gasteiger partial charge in [-0.2, -0.15) is 0 Å². The third-order valence-electron chi connectivity index (χ3n) is 3.98. The van der Waals surface area contributed by atoms with Gasteiger partial charge in [0.1, 0.15) is 11.6 Å². The predicted molar refractivity (Wildman–Crippen MR) is 109 cm³/mol. The highest BCUT2D eigenvalue weighted by Crippen LogP contribution is 2.16. The van der Waals surface area contributed by atoms with E-state index in [0.29, 0.717) is 31.9 Å². The van der Waals surface area contributed by atoms with Crippen molar-refractivity contribution < 1.29 is 9.53 Å². The molecular weight excluding hydrogens is 360 g/mol. The van der Waals surface area contributed by atoms with Crippen molar-refractivity contribution in [1.82, 2.24) is 20.1 Å². The smallest absolute Gasteiger partial charge is 0.220 e. The number of benzene rings is 1. The SMILES string of the molecule is CSc1nnc(CCCNC(=O)CCCOc2ccccc2)n1CC(C)C. The maximum absolute atomic E-state index is 11.9. The maximum atomic E-state index is 11.9. The van der Waals surface area contributed by atoms with Gasteiger partial charge in [0.05, 0.1) is 6.61 Å². The maximum Gasteiger partial charge on any atom is 0.220 e. The van der Waals surface area contributed by atoms with Crippen molar-refractivity contribution >= 4 is 17.7 Å². The monoisotopic (exact) mass is 390 g/mol. The number of aryl methyl sites for hydroxylation is 1. The highest BCUT2D eigenvalue weighted by atomic mass is 32.2. The first kappa shape index (κ1) is 21.3. The number of carbonyl (C=O) groups is 1. The van der Waals surface area contributed by atoms with E-state index in [9.17, 15) is 4.79 Å². The molecule has 7 heteroatoms. The molecule has 1 amide bonds. The Hall–Kier alpha value is -2.02. The van der Waals surface area contributed by atoms with Crippen molar-refractivity contribution in [3.8, 4) is 5.75 Å². The lowest BCUT2D eigenvalue weighted by atomic mass is 10.2. The minimum Gasteiger partial charge on any atom is -0.494 e. The Kier molecular flexibility index (Phi) is 9.18. The van der Waals surface area contributed by atoms with Gasteiger partial charge in [0.2, 0.25) is 5.91 Å². The molecule has 0 aliphatic heterocycles. The average Bonchev–Trinajstić information content (AvgIpc) is 3.04. The molecule has 0 saturated heterocycles. The van der Waals surface area contributed by atoms with Gasteiger partial charge in [0, 0.05) is 25.9 Å². The molecule has 0 radical (unpaired) electrons. The van der Waals surface area contributed by atoms with E-state index in [1.165, 1.54) is 0 Å². The number of hydrogen-bond acceptors (Lipinski definition) is 5. The fourth-order valence-corrected chi connectivity index (χ4v) is 3.23. The number of ether oxygens (including phenoxy) is 1. The second kappa shape index (κ2) is 11.6. The fraction of sp³-hybridized carbons (Fsp3) is 0.550. The molecule has 0 aliphatic carbocycles. The minimum atomic E-state index is 0.0695. The van der Waals surface area contributed by atoms with Gasteiger partial charge in [-0.15, -0.1) is 10.2 Å². The molecule has 1 heterocycles. The number of nitrogens with one attached hydrogen (secondary N) is 1. The normalized spacial score (nSPS) is 11.0. The lowest BCUT2D eigenvalue weighted by molar-refractivity contribution is -0.121. The summed E-state index contributed by atoms with van der Waals surface area (Å²) in [4.78, 5) is 11.9. The van der Waals surface area contributed by atoms with Crippen LogP contribution < -0.4 is 10.1 Å². The molecule has 1 aromatic carbocycles. The lowest BCUT2D eigenvalue weighted by Gasteiger charge is -2.11. The molecule has 0 spiro atoms. The lowest BCUT2D eigenvalue weighted by Crippen LogP contribution is -2.25. The summed E-state index contributed by atoms with van der Waals surface area (Å²) >= 11 is 1.62. The van der Waals surface area contributed by atoms with Crippen LogP contribution in [0.15, 0.2) is 35.5 Å². The first-order chi connectivity index (χ1) is 13.1. The highest BCUT2D eigenvalue weighted by molar-refractivity contribution is 7.98. The van der Waals surface area contributed by atoms with E-state index in [1.807, 2.05) is 36.6 Å². The topological polar surface area (TPSA) is 69.0 Å². The summed E-state index contributed by atoms with van der Waals surface area (Å²) in [5.41, 5.74) is 0. The largest absolute Gasteiger partial charge is 0.494 e. The molecule has 0 fully saturated rings. The van der Waals surface area contributed by atoms with Crippen LogP contribution in [0.2, 0.25) is 0 Å². The highest BCUT2D eigenvalue weighted by Gasteiger charge is 2.12. The molecule has 2 aromatic rings. The Labute approximate surface area is 166 Å². The molecule has 1 aromatic heterocycles. The number of thioether (sulfide) groups is 1. The first-order valence-corrected chi connectivity index (χ1v) is 10.7. The third kappa shape index (κ3) is 7.62. The average molecular weight is 391 g/mol. The van der Waals surface area contributed by atoms with Gasteiger partial charge in [-0.25, -0.2) is 0 Å². The van der Waals surface area contributed by atoms with Crippen molar-refractivity contribution in [2.75, 3.05) is 19.4 Å². The van der Waals surface area contributed by atoms with Crippen LogP contribution in [0, 0.1) is 5.92 Å². The molecule has 0 unspecified atom stereocenters. The second-order valence-corrected chi connectivity index (χ2v) is 7.60. The fourth-order valence-electron chi connectivity index (χ4n) is 2.71. The van der Waals surface area contributed by atoms with Crippen LogP contribution in [0.3, 0.4) is 0 Å². The summed E-state index contributed by atoms with van der Waals surface area (Å²) in [7, 11) is 0. The predicted octanol–water partition coefficient (Wildman–Crippen LogP) is 3.56. The second-order valence-electron chi connectivity index (χ2n) is 6.83. The molecule has 6 nitrogen and oxygen atoms in total. The summed E-state index contributed by atoms with van der Waals surface area (Å²) < 4.78 is 7.79. The van der Waals surface area contributed by atoms with Gasteiger partial charge in [0.15, 0.2) is 5.16 Å². The van der Waals surface area contributed by atoms with Crippen molar-refractivity contribution in [3.63, 3.8) is 0 Å². The summed E-state index contributed by atoms with van der Waals surface area (Å²) in [6.07, 6.45) is 4.88. The summed E-state index contributed by atoms with van der Waals surface area (Å²) in [6.45, 7) is 6.51. The molecule has 0 atom stereocenters. The van der Waals surface area contributed by atoms with Crippen molar-refractivity contribution in [2.45, 2.75) is 51.2 Å². The molecule has 2 rings (SSSR count). The molecule has 0 bridgehead atoms. The van der Waals surface area contributed by atoms with Crippen LogP contribution >= 0.6 is 11.8 Å². The molecule has 1 N–H and O–H groups in total. The Bertz CT molecular complexity index is 689. The first-order valence-electron chi connectivity index (χ1n) is 9.50. The van der Waals surface area contributed by atoms with Crippen LogP contribution in [0.5, 0.6) is 5.75 Å². The molecule has 27 heavy (non-hydrogen) atoms. The van der Waals surface area contributed by atoms with E-state index in [-0.39, 0.29) is 5.91 Å². The Morgan fingerprint density at radius 1 is 1.22 bits per heavy atom. The van der Waals surface area contributed by atoms with E-state index in [1.54, 1.807) is 11.8 Å². The van der Waals surface area contributed by atoms with Crippen molar-refractivity contribution in [3.05, 3.63) is 36.2 Å². The number of hydrogen-bond donors (Lipinski definition) is 1. The summed E-state index contributed by atoms with van der Waals surface area (Å²) in [5, 5.41) is 12.5. The van der Waals surface area contributed by atoms with Crippen LogP contribution in [-0.2, 0) is 17.8 Å². The van der Waals surface area contributed by atoms with Crippen LogP contribution in [0.4, 0.5) is 0 Å². The molecule has 0 aliphatic rings. The molecule has 0 saturated carbocycles. The Morgan fingerprint density at radius 3 is 2.70 bits per heavy atom. The Morgan fingerprint density at radius 2 is 2.00 bits per heavy atom. The van der Waals surface area contributed by atoms with Crippen LogP contribution in [0.25, 0.3) is 0 Å². The van der Waals surface area contributed by atoms with Crippen LogP contribution in [0.1, 0.15) is 38.9 Å². The zero-order valence-corrected chi connectivity index (χ0v) is 17.3. The van der Waals surface area contributed by atoms with Crippen molar-refractivity contribution in [2.24, 2.45) is 5.92 Å². The van der Waals surface area contributed by atoms with Gasteiger partial charge in [-0.3, -0.25) is 4.79 Å². The van der Waals surface area contributed by atoms with Crippen LogP contribution in [-0.4, -0.2) is 40.1 Å². The third-order valence-corrected chi connectivity index (χ3v) is 4.65. The van der Waals surface area contributed by atoms with E-state index in [2.05, 4.69) is 33.9 Å². The van der Waals surface area contributed by atoms with E-state index < -0.39 is 0 Å². The van der Waals surface area contributed by atoms with Gasteiger partial charge in [-0.05, 0) is 37.1 Å². The summed E-state index contributed by atoms with van der Waals surface area (Å²) in [6, 6.07) is 9.66. The van der Waals surface area contributed by atoms with E-state index >= 15 is 0 Å². The quantitative estimate of drug-likeness (QED) is 0.443. The van der Waals surface area contributed by atoms with E-state index in [0.717, 1.165) is 36.1 Å². The van der Waals surface area contributed by atoms with Gasteiger partial charge >= 0.3 is 0 Å². The number of nitrogens with zero attached hydrogens (tertiary/aromatic N) is 3. The van der Waals surface area contributed by atoms with E-state index in [4.69, 9.17) is 4.74 Å². The molecular formula is C20H30N4O2S. The Balaban J connectivity index is 1.62. The van der Waals surface area contributed by atoms with Gasteiger partial charge in [0.25, 0.3) is 0 Å². The van der Waals surface area contributed by atoms with Gasteiger partial charge in [-0.1, -0.05) is 43.8 Å².